The SMILES string of the molecule is CC1=C(c2nc(C)no2)N2C(=O)[C@@H](NC(=O)CCc3ccccc3)[C@H]2SC1. The Morgan fingerprint density at radius 3 is 2.81 bits per heavy atom. The summed E-state index contributed by atoms with van der Waals surface area (Å²) in [5.41, 5.74) is 2.80. The highest BCUT2D eigenvalue weighted by Gasteiger charge is 2.53. The lowest BCUT2D eigenvalue weighted by Crippen LogP contribution is -2.69. The molecule has 2 atom stereocenters. The van der Waals surface area contributed by atoms with Gasteiger partial charge in [-0.2, -0.15) is 4.98 Å². The summed E-state index contributed by atoms with van der Waals surface area (Å²) in [5, 5.41) is 6.57. The summed E-state index contributed by atoms with van der Waals surface area (Å²) in [7, 11) is 0. The number of carbonyl (C=O) groups excluding carboxylic acids is 2. The molecule has 0 spiro atoms. The summed E-state index contributed by atoms with van der Waals surface area (Å²) in [6.45, 7) is 3.70. The first kappa shape index (κ1) is 17.8. The van der Waals surface area contributed by atoms with Gasteiger partial charge in [0.25, 0.3) is 11.8 Å². The minimum Gasteiger partial charge on any atom is -0.342 e. The van der Waals surface area contributed by atoms with Gasteiger partial charge in [-0.1, -0.05) is 35.5 Å². The van der Waals surface area contributed by atoms with E-state index in [-0.39, 0.29) is 17.2 Å². The minimum atomic E-state index is -0.509. The predicted molar refractivity (Wildman–Crippen MR) is 101 cm³/mol. The molecule has 2 amide bonds. The van der Waals surface area contributed by atoms with Crippen LogP contribution in [0.2, 0.25) is 0 Å². The quantitative estimate of drug-likeness (QED) is 0.795. The number of hydrogen-bond acceptors (Lipinski definition) is 6. The van der Waals surface area contributed by atoms with Crippen molar-refractivity contribution in [2.75, 3.05) is 5.75 Å². The Bertz CT molecular complexity index is 909. The van der Waals surface area contributed by atoms with Gasteiger partial charge in [-0.25, -0.2) is 0 Å². The molecule has 0 unspecified atom stereocenters. The van der Waals surface area contributed by atoms with E-state index in [4.69, 9.17) is 4.52 Å². The van der Waals surface area contributed by atoms with E-state index in [1.807, 2.05) is 37.3 Å². The second-order valence-corrected chi connectivity index (χ2v) is 7.82. The third-order valence-electron chi connectivity index (χ3n) is 4.69. The van der Waals surface area contributed by atoms with Crippen molar-refractivity contribution >= 4 is 29.3 Å². The fourth-order valence-corrected chi connectivity index (χ4v) is 4.61. The molecule has 1 N–H and O–H groups in total. The fourth-order valence-electron chi connectivity index (χ4n) is 3.32. The van der Waals surface area contributed by atoms with Crippen molar-refractivity contribution in [3.63, 3.8) is 0 Å². The molecule has 1 fully saturated rings. The van der Waals surface area contributed by atoms with E-state index >= 15 is 0 Å². The summed E-state index contributed by atoms with van der Waals surface area (Å²) in [5.74, 6) is 1.39. The maximum absolute atomic E-state index is 12.7. The first-order chi connectivity index (χ1) is 13.0. The van der Waals surface area contributed by atoms with Crippen LogP contribution in [0.4, 0.5) is 0 Å². The first-order valence-electron chi connectivity index (χ1n) is 8.83. The molecule has 2 aromatic rings. The van der Waals surface area contributed by atoms with Gasteiger partial charge in [-0.3, -0.25) is 14.5 Å². The molecule has 0 aliphatic carbocycles. The summed E-state index contributed by atoms with van der Waals surface area (Å²) in [6, 6.07) is 9.33. The Morgan fingerprint density at radius 2 is 2.11 bits per heavy atom. The lowest BCUT2D eigenvalue weighted by Gasteiger charge is -2.49. The van der Waals surface area contributed by atoms with Crippen LogP contribution < -0.4 is 5.32 Å². The maximum atomic E-state index is 12.7. The Morgan fingerprint density at radius 1 is 1.33 bits per heavy atom. The molecule has 0 bridgehead atoms. The number of benzene rings is 1. The number of thioether (sulfide) groups is 1. The average Bonchev–Trinajstić information content (AvgIpc) is 3.11. The van der Waals surface area contributed by atoms with Crippen LogP contribution in [0.5, 0.6) is 0 Å². The molecular formula is C19H20N4O3S. The molecule has 27 heavy (non-hydrogen) atoms. The number of nitrogens with zero attached hydrogens (tertiary/aromatic N) is 3. The summed E-state index contributed by atoms with van der Waals surface area (Å²) in [4.78, 5) is 31.0. The van der Waals surface area contributed by atoms with Crippen molar-refractivity contribution in [1.82, 2.24) is 20.4 Å². The number of fused-ring (bicyclic) bond motifs is 1. The van der Waals surface area contributed by atoms with Crippen LogP contribution in [-0.4, -0.2) is 44.0 Å². The number of hydrogen-bond donors (Lipinski definition) is 1. The van der Waals surface area contributed by atoms with Crippen LogP contribution in [0.25, 0.3) is 5.70 Å². The lowest BCUT2D eigenvalue weighted by molar-refractivity contribution is -0.144. The van der Waals surface area contributed by atoms with Crippen molar-refractivity contribution in [3.8, 4) is 0 Å². The van der Waals surface area contributed by atoms with Crippen molar-refractivity contribution in [3.05, 3.63) is 53.2 Å². The molecule has 8 heteroatoms. The second-order valence-electron chi connectivity index (χ2n) is 6.72. The molecule has 2 aliphatic heterocycles. The van der Waals surface area contributed by atoms with Gasteiger partial charge in [0.05, 0.1) is 0 Å². The van der Waals surface area contributed by atoms with Gasteiger partial charge >= 0.3 is 0 Å². The van der Waals surface area contributed by atoms with E-state index in [9.17, 15) is 9.59 Å². The molecule has 1 aromatic heterocycles. The number of nitrogens with one attached hydrogen (secondary N) is 1. The third kappa shape index (κ3) is 3.37. The van der Waals surface area contributed by atoms with E-state index in [0.717, 1.165) is 16.9 Å². The summed E-state index contributed by atoms with van der Waals surface area (Å²) in [6.07, 6.45) is 1.01. The van der Waals surface area contributed by atoms with Crippen molar-refractivity contribution < 1.29 is 14.1 Å². The predicted octanol–water partition coefficient (Wildman–Crippen LogP) is 2.14. The Kier molecular flexibility index (Phi) is 4.73. The number of aromatic nitrogens is 2. The fraction of sp³-hybridized carbons (Fsp3) is 0.368. The van der Waals surface area contributed by atoms with E-state index in [1.165, 1.54) is 0 Å². The Hall–Kier alpha value is -2.61. The molecule has 140 valence electrons. The number of rotatable bonds is 5. The van der Waals surface area contributed by atoms with E-state index in [2.05, 4.69) is 15.5 Å². The highest BCUT2D eigenvalue weighted by molar-refractivity contribution is 8.00. The van der Waals surface area contributed by atoms with Gasteiger partial charge in [-0.05, 0) is 31.4 Å². The van der Waals surface area contributed by atoms with Crippen LogP contribution in [0.1, 0.15) is 30.6 Å². The maximum Gasteiger partial charge on any atom is 0.274 e. The largest absolute Gasteiger partial charge is 0.342 e. The molecule has 2 aliphatic rings. The molecule has 1 saturated heterocycles. The van der Waals surface area contributed by atoms with Gasteiger partial charge < -0.3 is 9.84 Å². The highest BCUT2D eigenvalue weighted by Crippen LogP contribution is 2.43. The number of carbonyl (C=O) groups is 2. The van der Waals surface area contributed by atoms with Crippen molar-refractivity contribution in [2.24, 2.45) is 0 Å². The highest BCUT2D eigenvalue weighted by atomic mass is 32.2. The minimum absolute atomic E-state index is 0.112. The van der Waals surface area contributed by atoms with Crippen LogP contribution in [0.3, 0.4) is 0 Å². The van der Waals surface area contributed by atoms with E-state index in [0.29, 0.717) is 30.3 Å². The zero-order valence-corrected chi connectivity index (χ0v) is 16.0. The van der Waals surface area contributed by atoms with E-state index < -0.39 is 6.04 Å². The van der Waals surface area contributed by atoms with Crippen LogP contribution in [0, 0.1) is 6.92 Å². The van der Waals surface area contributed by atoms with Crippen molar-refractivity contribution in [2.45, 2.75) is 38.1 Å². The molecule has 7 nitrogen and oxygen atoms in total. The molecule has 0 radical (unpaired) electrons. The molecule has 3 heterocycles. The lowest BCUT2D eigenvalue weighted by atomic mass is 10.0. The standard InChI is InChI=1S/C19H20N4O3S/c1-11-10-27-19-15(21-14(24)9-8-13-6-4-3-5-7-13)18(25)23(19)16(11)17-20-12(2)22-26-17/h3-7,15,19H,8-10H2,1-2H3,(H,21,24)/t15-,19-/m1/s1. The van der Waals surface area contributed by atoms with Crippen LogP contribution >= 0.6 is 11.8 Å². The Labute approximate surface area is 161 Å². The smallest absolute Gasteiger partial charge is 0.274 e. The third-order valence-corrected chi connectivity index (χ3v) is 6.11. The number of β-lactam (4-membered cyclic amide) rings is 1. The molecule has 4 rings (SSSR count). The summed E-state index contributed by atoms with van der Waals surface area (Å²) < 4.78 is 5.27. The first-order valence-corrected chi connectivity index (χ1v) is 9.88. The van der Waals surface area contributed by atoms with Crippen LogP contribution in [-0.2, 0) is 16.0 Å². The zero-order valence-electron chi connectivity index (χ0n) is 15.1. The van der Waals surface area contributed by atoms with Crippen molar-refractivity contribution in [1.29, 1.82) is 0 Å². The molecular weight excluding hydrogens is 364 g/mol. The van der Waals surface area contributed by atoms with Gasteiger partial charge in [0.1, 0.15) is 17.1 Å². The topological polar surface area (TPSA) is 88.3 Å². The van der Waals surface area contributed by atoms with Gasteiger partial charge in [-0.15, -0.1) is 11.8 Å². The summed E-state index contributed by atoms with van der Waals surface area (Å²) >= 11 is 1.64. The number of aryl methyl sites for hydroxylation is 2. The second kappa shape index (κ2) is 7.19. The van der Waals surface area contributed by atoms with E-state index in [1.54, 1.807) is 23.6 Å². The van der Waals surface area contributed by atoms with Gasteiger partial charge in [0.2, 0.25) is 5.91 Å². The normalized spacial score (nSPS) is 21.7. The van der Waals surface area contributed by atoms with Gasteiger partial charge in [0.15, 0.2) is 5.82 Å². The van der Waals surface area contributed by atoms with Crippen LogP contribution in [0.15, 0.2) is 40.4 Å². The zero-order chi connectivity index (χ0) is 19.0. The Balaban J connectivity index is 1.41. The molecule has 0 saturated carbocycles. The average molecular weight is 384 g/mol. The molecule has 1 aromatic carbocycles. The monoisotopic (exact) mass is 384 g/mol. The van der Waals surface area contributed by atoms with Gasteiger partial charge in [0, 0.05) is 12.2 Å². The number of amides is 2.